The largest absolute Gasteiger partial charge is 0.351 e. The molecule has 1 fully saturated rings. The maximum Gasteiger partial charge on any atom is 0.234 e. The van der Waals surface area contributed by atoms with Crippen molar-refractivity contribution >= 4 is 21.8 Å². The van der Waals surface area contributed by atoms with E-state index in [-0.39, 0.29) is 5.91 Å². The van der Waals surface area contributed by atoms with Crippen molar-refractivity contribution in [2.45, 2.75) is 6.54 Å². The number of hydrogen-bond donors (Lipinski definition) is 2. The van der Waals surface area contributed by atoms with Crippen LogP contribution in [0.5, 0.6) is 0 Å². The summed E-state index contributed by atoms with van der Waals surface area (Å²) in [4.78, 5) is 14.0. The van der Waals surface area contributed by atoms with Crippen LogP contribution < -0.4 is 10.6 Å². The van der Waals surface area contributed by atoms with Gasteiger partial charge in [-0.15, -0.1) is 0 Å². The second-order valence-corrected chi connectivity index (χ2v) is 5.25. The van der Waals surface area contributed by atoms with Gasteiger partial charge in [-0.25, -0.2) is 0 Å². The number of piperazine rings is 1. The van der Waals surface area contributed by atoms with E-state index in [1.807, 2.05) is 24.3 Å². The molecule has 1 heterocycles. The van der Waals surface area contributed by atoms with Crippen molar-refractivity contribution in [1.82, 2.24) is 15.5 Å². The summed E-state index contributed by atoms with van der Waals surface area (Å²) in [5, 5.41) is 6.23. The van der Waals surface area contributed by atoms with Gasteiger partial charge in [-0.05, 0) is 11.6 Å². The SMILES string of the molecule is O=C(CN1CCNCC1)NCc1ccccc1Br. The van der Waals surface area contributed by atoms with E-state index >= 15 is 0 Å². The maximum atomic E-state index is 11.8. The summed E-state index contributed by atoms with van der Waals surface area (Å²) in [7, 11) is 0. The van der Waals surface area contributed by atoms with Gasteiger partial charge < -0.3 is 10.6 Å². The number of benzene rings is 1. The van der Waals surface area contributed by atoms with Crippen LogP contribution >= 0.6 is 15.9 Å². The minimum atomic E-state index is 0.0904. The number of amides is 1. The van der Waals surface area contributed by atoms with Gasteiger partial charge in [-0.2, -0.15) is 0 Å². The number of hydrogen-bond acceptors (Lipinski definition) is 3. The van der Waals surface area contributed by atoms with Gasteiger partial charge in [0.15, 0.2) is 0 Å². The number of halogens is 1. The van der Waals surface area contributed by atoms with Gasteiger partial charge in [0.25, 0.3) is 0 Å². The Kier molecular flexibility index (Phi) is 5.16. The molecule has 2 N–H and O–H groups in total. The molecule has 0 bridgehead atoms. The molecule has 0 unspecified atom stereocenters. The third-order valence-electron chi connectivity index (χ3n) is 3.01. The summed E-state index contributed by atoms with van der Waals surface area (Å²) in [6.07, 6.45) is 0. The Morgan fingerprint density at radius 3 is 2.78 bits per heavy atom. The third kappa shape index (κ3) is 4.08. The summed E-state index contributed by atoms with van der Waals surface area (Å²) in [6.45, 7) is 4.90. The van der Waals surface area contributed by atoms with Gasteiger partial charge in [0, 0.05) is 37.2 Å². The van der Waals surface area contributed by atoms with E-state index in [2.05, 4.69) is 31.5 Å². The monoisotopic (exact) mass is 311 g/mol. The van der Waals surface area contributed by atoms with Crippen LogP contribution in [0.4, 0.5) is 0 Å². The number of carbonyl (C=O) groups excluding carboxylic acids is 1. The Hall–Kier alpha value is -0.910. The summed E-state index contributed by atoms with van der Waals surface area (Å²) < 4.78 is 1.03. The quantitative estimate of drug-likeness (QED) is 0.871. The van der Waals surface area contributed by atoms with E-state index in [4.69, 9.17) is 0 Å². The molecule has 1 saturated heterocycles. The van der Waals surface area contributed by atoms with Crippen LogP contribution in [0, 0.1) is 0 Å². The number of rotatable bonds is 4. The lowest BCUT2D eigenvalue weighted by Gasteiger charge is -2.26. The van der Waals surface area contributed by atoms with Crippen LogP contribution in [-0.4, -0.2) is 43.5 Å². The lowest BCUT2D eigenvalue weighted by molar-refractivity contribution is -0.122. The van der Waals surface area contributed by atoms with E-state index in [1.165, 1.54) is 0 Å². The first kappa shape index (κ1) is 13.5. The van der Waals surface area contributed by atoms with Crippen molar-refractivity contribution < 1.29 is 4.79 Å². The second-order valence-electron chi connectivity index (χ2n) is 4.39. The van der Waals surface area contributed by atoms with Crippen LogP contribution in [0.15, 0.2) is 28.7 Å². The summed E-state index contributed by atoms with van der Waals surface area (Å²) in [5.74, 6) is 0.0904. The molecule has 0 spiro atoms. The highest BCUT2D eigenvalue weighted by molar-refractivity contribution is 9.10. The topological polar surface area (TPSA) is 44.4 Å². The van der Waals surface area contributed by atoms with E-state index in [1.54, 1.807) is 0 Å². The van der Waals surface area contributed by atoms with Crippen LogP contribution in [0.1, 0.15) is 5.56 Å². The highest BCUT2D eigenvalue weighted by Gasteiger charge is 2.13. The van der Waals surface area contributed by atoms with Gasteiger partial charge in [0.05, 0.1) is 6.54 Å². The molecule has 1 aliphatic rings. The maximum absolute atomic E-state index is 11.8. The summed E-state index contributed by atoms with van der Waals surface area (Å²) in [6, 6.07) is 7.94. The van der Waals surface area contributed by atoms with Crippen molar-refractivity contribution in [2.24, 2.45) is 0 Å². The van der Waals surface area contributed by atoms with Crippen LogP contribution in [-0.2, 0) is 11.3 Å². The predicted octanol–water partition coefficient (Wildman–Crippen LogP) is 0.971. The highest BCUT2D eigenvalue weighted by atomic mass is 79.9. The zero-order valence-corrected chi connectivity index (χ0v) is 11.9. The Balaban J connectivity index is 1.76. The number of carbonyl (C=O) groups is 1. The van der Waals surface area contributed by atoms with Crippen LogP contribution in [0.3, 0.4) is 0 Å². The van der Waals surface area contributed by atoms with Crippen LogP contribution in [0.25, 0.3) is 0 Å². The normalized spacial score (nSPS) is 16.5. The van der Waals surface area contributed by atoms with E-state index < -0.39 is 0 Å². The Morgan fingerprint density at radius 1 is 1.33 bits per heavy atom. The summed E-state index contributed by atoms with van der Waals surface area (Å²) in [5.41, 5.74) is 1.10. The molecule has 1 aromatic carbocycles. The number of nitrogens with one attached hydrogen (secondary N) is 2. The van der Waals surface area contributed by atoms with Crippen molar-refractivity contribution in [3.63, 3.8) is 0 Å². The molecule has 0 atom stereocenters. The van der Waals surface area contributed by atoms with Gasteiger partial charge in [-0.3, -0.25) is 9.69 Å². The molecule has 0 radical (unpaired) electrons. The fourth-order valence-electron chi connectivity index (χ4n) is 1.96. The number of nitrogens with zero attached hydrogens (tertiary/aromatic N) is 1. The Bertz CT molecular complexity index is 405. The van der Waals surface area contributed by atoms with E-state index in [0.29, 0.717) is 13.1 Å². The van der Waals surface area contributed by atoms with Gasteiger partial charge in [-0.1, -0.05) is 34.1 Å². The highest BCUT2D eigenvalue weighted by Crippen LogP contribution is 2.15. The summed E-state index contributed by atoms with van der Waals surface area (Å²) >= 11 is 3.47. The first-order valence-electron chi connectivity index (χ1n) is 6.19. The zero-order valence-electron chi connectivity index (χ0n) is 10.3. The molecular weight excluding hydrogens is 294 g/mol. The molecule has 0 saturated carbocycles. The minimum absolute atomic E-state index is 0.0904. The lowest BCUT2D eigenvalue weighted by atomic mass is 10.2. The Morgan fingerprint density at radius 2 is 2.06 bits per heavy atom. The smallest absolute Gasteiger partial charge is 0.234 e. The fraction of sp³-hybridized carbons (Fsp3) is 0.462. The van der Waals surface area contributed by atoms with Gasteiger partial charge in [0.2, 0.25) is 5.91 Å². The zero-order chi connectivity index (χ0) is 12.8. The second kappa shape index (κ2) is 6.87. The average molecular weight is 312 g/mol. The molecule has 98 valence electrons. The van der Waals surface area contributed by atoms with Crippen molar-refractivity contribution in [3.8, 4) is 0 Å². The standard InChI is InChI=1S/C13H18BrN3O/c14-12-4-2-1-3-11(12)9-16-13(18)10-17-7-5-15-6-8-17/h1-4,15H,5-10H2,(H,16,18). The Labute approximate surface area is 116 Å². The average Bonchev–Trinajstić information content (AvgIpc) is 2.39. The van der Waals surface area contributed by atoms with Crippen molar-refractivity contribution in [2.75, 3.05) is 32.7 Å². The van der Waals surface area contributed by atoms with Crippen molar-refractivity contribution in [1.29, 1.82) is 0 Å². The molecule has 1 aliphatic heterocycles. The predicted molar refractivity (Wildman–Crippen MR) is 75.3 cm³/mol. The molecule has 0 aliphatic carbocycles. The molecule has 1 aromatic rings. The molecule has 2 rings (SSSR count). The third-order valence-corrected chi connectivity index (χ3v) is 3.78. The fourth-order valence-corrected chi connectivity index (χ4v) is 2.39. The molecule has 0 aromatic heterocycles. The van der Waals surface area contributed by atoms with E-state index in [9.17, 15) is 4.79 Å². The lowest BCUT2D eigenvalue weighted by Crippen LogP contribution is -2.47. The van der Waals surface area contributed by atoms with Crippen molar-refractivity contribution in [3.05, 3.63) is 34.3 Å². The van der Waals surface area contributed by atoms with Gasteiger partial charge >= 0.3 is 0 Å². The first-order chi connectivity index (χ1) is 8.75. The molecule has 18 heavy (non-hydrogen) atoms. The molecule has 1 amide bonds. The molecule has 5 heteroatoms. The van der Waals surface area contributed by atoms with Crippen LogP contribution in [0.2, 0.25) is 0 Å². The minimum Gasteiger partial charge on any atom is -0.351 e. The van der Waals surface area contributed by atoms with E-state index in [0.717, 1.165) is 36.2 Å². The molecular formula is C13H18BrN3O. The molecule has 4 nitrogen and oxygen atoms in total. The van der Waals surface area contributed by atoms with Gasteiger partial charge in [0.1, 0.15) is 0 Å². The first-order valence-corrected chi connectivity index (χ1v) is 6.98.